The number of hydrogen-bond acceptors (Lipinski definition) is 2. The standard InChI is InChI=1S/C14H21NO2/c1-10(15-9-13(16)17)11-5-7-12(8-6-11)14(2,3)4/h5-8,10,15H,9H2,1-4H3,(H,16,17). The molecule has 0 radical (unpaired) electrons. The third-order valence-corrected chi connectivity index (χ3v) is 2.84. The SMILES string of the molecule is CC(NCC(=O)O)c1ccc(C(C)(C)C)cc1. The Balaban J connectivity index is 2.70. The second-order valence-electron chi connectivity index (χ2n) is 5.37. The van der Waals surface area contributed by atoms with Crippen LogP contribution in [0.2, 0.25) is 0 Å². The number of rotatable bonds is 4. The topological polar surface area (TPSA) is 49.3 Å². The Labute approximate surface area is 103 Å². The Morgan fingerprint density at radius 1 is 1.29 bits per heavy atom. The smallest absolute Gasteiger partial charge is 0.317 e. The second kappa shape index (κ2) is 5.32. The van der Waals surface area contributed by atoms with Gasteiger partial charge in [-0.25, -0.2) is 0 Å². The molecule has 0 amide bonds. The van der Waals surface area contributed by atoms with E-state index in [1.165, 1.54) is 5.56 Å². The van der Waals surface area contributed by atoms with Gasteiger partial charge in [-0.05, 0) is 23.5 Å². The Morgan fingerprint density at radius 2 is 1.82 bits per heavy atom. The molecule has 1 unspecified atom stereocenters. The summed E-state index contributed by atoms with van der Waals surface area (Å²) in [5, 5.41) is 11.6. The summed E-state index contributed by atoms with van der Waals surface area (Å²) < 4.78 is 0. The van der Waals surface area contributed by atoms with Gasteiger partial charge in [-0.15, -0.1) is 0 Å². The largest absolute Gasteiger partial charge is 0.480 e. The van der Waals surface area contributed by atoms with Crippen molar-refractivity contribution < 1.29 is 9.90 Å². The van der Waals surface area contributed by atoms with E-state index in [9.17, 15) is 4.79 Å². The van der Waals surface area contributed by atoms with Gasteiger partial charge in [0.2, 0.25) is 0 Å². The monoisotopic (exact) mass is 235 g/mol. The summed E-state index contributed by atoms with van der Waals surface area (Å²) in [6.45, 7) is 8.48. The molecule has 94 valence electrons. The average molecular weight is 235 g/mol. The van der Waals surface area contributed by atoms with E-state index in [-0.39, 0.29) is 18.0 Å². The molecule has 1 atom stereocenters. The fourth-order valence-electron chi connectivity index (χ4n) is 1.63. The maximum absolute atomic E-state index is 10.5. The normalized spacial score (nSPS) is 13.4. The maximum Gasteiger partial charge on any atom is 0.317 e. The molecule has 0 saturated carbocycles. The highest BCUT2D eigenvalue weighted by molar-refractivity contribution is 5.69. The predicted octanol–water partition coefficient (Wildman–Crippen LogP) is 2.72. The lowest BCUT2D eigenvalue weighted by Crippen LogP contribution is -2.25. The first-order valence-corrected chi connectivity index (χ1v) is 5.86. The quantitative estimate of drug-likeness (QED) is 0.843. The molecule has 17 heavy (non-hydrogen) atoms. The van der Waals surface area contributed by atoms with Crippen molar-refractivity contribution in [3.8, 4) is 0 Å². The number of carboxylic acid groups (broad SMARTS) is 1. The van der Waals surface area contributed by atoms with Crippen LogP contribution >= 0.6 is 0 Å². The first-order valence-electron chi connectivity index (χ1n) is 5.86. The van der Waals surface area contributed by atoms with Gasteiger partial charge in [0, 0.05) is 6.04 Å². The van der Waals surface area contributed by atoms with Crippen molar-refractivity contribution in [1.82, 2.24) is 5.32 Å². The van der Waals surface area contributed by atoms with Crippen LogP contribution in [-0.2, 0) is 10.2 Å². The summed E-state index contributed by atoms with van der Waals surface area (Å²) in [5.41, 5.74) is 2.54. The molecule has 3 heteroatoms. The van der Waals surface area contributed by atoms with Gasteiger partial charge in [-0.3, -0.25) is 4.79 Å². The Morgan fingerprint density at radius 3 is 2.24 bits per heavy atom. The van der Waals surface area contributed by atoms with Gasteiger partial charge in [0.15, 0.2) is 0 Å². The maximum atomic E-state index is 10.5. The third-order valence-electron chi connectivity index (χ3n) is 2.84. The minimum absolute atomic E-state index is 0.0117. The molecular formula is C14H21NO2. The Hall–Kier alpha value is -1.35. The summed E-state index contributed by atoms with van der Waals surface area (Å²) in [7, 11) is 0. The molecule has 0 aliphatic rings. The molecule has 2 N–H and O–H groups in total. The van der Waals surface area contributed by atoms with E-state index >= 15 is 0 Å². The zero-order valence-corrected chi connectivity index (χ0v) is 10.9. The first-order chi connectivity index (χ1) is 7.80. The van der Waals surface area contributed by atoms with Gasteiger partial charge >= 0.3 is 5.97 Å². The van der Waals surface area contributed by atoms with Crippen LogP contribution in [0, 0.1) is 0 Å². The van der Waals surface area contributed by atoms with Crippen LogP contribution in [0.1, 0.15) is 44.9 Å². The molecular weight excluding hydrogens is 214 g/mol. The minimum atomic E-state index is -0.830. The molecule has 0 heterocycles. The molecule has 0 saturated heterocycles. The van der Waals surface area contributed by atoms with Gasteiger partial charge < -0.3 is 10.4 Å². The van der Waals surface area contributed by atoms with Gasteiger partial charge in [-0.1, -0.05) is 45.0 Å². The van der Waals surface area contributed by atoms with Crippen molar-refractivity contribution in [2.24, 2.45) is 0 Å². The van der Waals surface area contributed by atoms with Crippen LogP contribution in [0.3, 0.4) is 0 Å². The molecule has 1 aromatic rings. The van der Waals surface area contributed by atoms with Crippen LogP contribution in [0.4, 0.5) is 0 Å². The fraction of sp³-hybridized carbons (Fsp3) is 0.500. The van der Waals surface area contributed by atoms with Crippen molar-refractivity contribution in [3.05, 3.63) is 35.4 Å². The van der Waals surface area contributed by atoms with E-state index in [1.807, 2.05) is 6.92 Å². The van der Waals surface area contributed by atoms with Crippen molar-refractivity contribution in [2.45, 2.75) is 39.2 Å². The molecule has 0 spiro atoms. The van der Waals surface area contributed by atoms with Crippen LogP contribution in [0.15, 0.2) is 24.3 Å². The molecule has 0 bridgehead atoms. The zero-order valence-electron chi connectivity index (χ0n) is 10.9. The highest BCUT2D eigenvalue weighted by atomic mass is 16.4. The Kier molecular flexibility index (Phi) is 4.29. The van der Waals surface area contributed by atoms with E-state index in [4.69, 9.17) is 5.11 Å². The van der Waals surface area contributed by atoms with Gasteiger partial charge in [0.05, 0.1) is 6.54 Å². The van der Waals surface area contributed by atoms with Crippen molar-refractivity contribution >= 4 is 5.97 Å². The van der Waals surface area contributed by atoms with Crippen LogP contribution in [-0.4, -0.2) is 17.6 Å². The number of carbonyl (C=O) groups is 1. The van der Waals surface area contributed by atoms with E-state index in [2.05, 4.69) is 50.4 Å². The molecule has 3 nitrogen and oxygen atoms in total. The number of hydrogen-bond donors (Lipinski definition) is 2. The zero-order chi connectivity index (χ0) is 13.1. The summed E-state index contributed by atoms with van der Waals surface area (Å²) in [6.07, 6.45) is 0. The van der Waals surface area contributed by atoms with Crippen LogP contribution in [0.25, 0.3) is 0 Å². The predicted molar refractivity (Wildman–Crippen MR) is 69.2 cm³/mol. The lowest BCUT2D eigenvalue weighted by atomic mass is 9.86. The van der Waals surface area contributed by atoms with Crippen LogP contribution in [0.5, 0.6) is 0 Å². The van der Waals surface area contributed by atoms with E-state index in [0.717, 1.165) is 5.56 Å². The summed E-state index contributed by atoms with van der Waals surface area (Å²) in [6, 6.07) is 8.38. The molecule has 0 aliphatic heterocycles. The minimum Gasteiger partial charge on any atom is -0.480 e. The number of carboxylic acids is 1. The molecule has 0 fully saturated rings. The fourth-order valence-corrected chi connectivity index (χ4v) is 1.63. The van der Waals surface area contributed by atoms with Crippen molar-refractivity contribution in [2.75, 3.05) is 6.54 Å². The highest BCUT2D eigenvalue weighted by Crippen LogP contribution is 2.23. The van der Waals surface area contributed by atoms with Gasteiger partial charge in [-0.2, -0.15) is 0 Å². The number of benzene rings is 1. The van der Waals surface area contributed by atoms with E-state index in [1.54, 1.807) is 0 Å². The summed E-state index contributed by atoms with van der Waals surface area (Å²) >= 11 is 0. The molecule has 0 aromatic heterocycles. The Bertz CT molecular complexity index is 376. The average Bonchev–Trinajstić information content (AvgIpc) is 2.25. The molecule has 0 aliphatic carbocycles. The number of aliphatic carboxylic acids is 1. The van der Waals surface area contributed by atoms with E-state index < -0.39 is 5.97 Å². The molecule has 1 aromatic carbocycles. The van der Waals surface area contributed by atoms with E-state index in [0.29, 0.717) is 0 Å². The van der Waals surface area contributed by atoms with Gasteiger partial charge in [0.25, 0.3) is 0 Å². The van der Waals surface area contributed by atoms with Crippen molar-refractivity contribution in [1.29, 1.82) is 0 Å². The van der Waals surface area contributed by atoms with Crippen molar-refractivity contribution in [3.63, 3.8) is 0 Å². The molecule has 1 rings (SSSR count). The van der Waals surface area contributed by atoms with Crippen LogP contribution < -0.4 is 5.32 Å². The lowest BCUT2D eigenvalue weighted by molar-refractivity contribution is -0.136. The number of nitrogens with one attached hydrogen (secondary N) is 1. The lowest BCUT2D eigenvalue weighted by Gasteiger charge is -2.20. The first kappa shape index (κ1) is 13.7. The second-order valence-corrected chi connectivity index (χ2v) is 5.37. The summed E-state index contributed by atoms with van der Waals surface area (Å²) in [4.78, 5) is 10.5. The highest BCUT2D eigenvalue weighted by Gasteiger charge is 2.14. The third kappa shape index (κ3) is 4.19. The van der Waals surface area contributed by atoms with Gasteiger partial charge in [0.1, 0.15) is 0 Å². The summed E-state index contributed by atoms with van der Waals surface area (Å²) in [5.74, 6) is -0.830.